The van der Waals surface area contributed by atoms with Gasteiger partial charge in [0.2, 0.25) is 26.0 Å². The minimum Gasteiger partial charge on any atom is -0.302 e. The molecule has 1 unspecified atom stereocenters. The molecule has 1 aliphatic rings. The molecule has 1 aliphatic heterocycles. The van der Waals surface area contributed by atoms with Crippen LogP contribution in [0.3, 0.4) is 0 Å². The number of aromatic nitrogens is 1. The van der Waals surface area contributed by atoms with Gasteiger partial charge in [0.1, 0.15) is 0 Å². The second-order valence-electron chi connectivity index (χ2n) is 8.44. The van der Waals surface area contributed by atoms with Crippen molar-refractivity contribution in [2.45, 2.75) is 29.6 Å². The molecule has 0 bridgehead atoms. The zero-order valence-electron chi connectivity index (χ0n) is 19.1. The Balaban J connectivity index is 1.49. The van der Waals surface area contributed by atoms with Gasteiger partial charge in [-0.05, 0) is 50.1 Å². The normalized spacial score (nSPS) is 17.8. The van der Waals surface area contributed by atoms with Crippen molar-refractivity contribution >= 4 is 52.6 Å². The van der Waals surface area contributed by atoms with Gasteiger partial charge in [0.15, 0.2) is 5.13 Å². The summed E-state index contributed by atoms with van der Waals surface area (Å²) in [7, 11) is -4.34. The highest BCUT2D eigenvalue weighted by Gasteiger charge is 2.33. The predicted octanol–water partition coefficient (Wildman–Crippen LogP) is 2.89. The third kappa shape index (κ3) is 4.86. The van der Waals surface area contributed by atoms with Gasteiger partial charge in [0, 0.05) is 27.2 Å². The molecular weight excluding hydrogens is 496 g/mol. The number of carbonyl (C=O) groups excluding carboxylic acids is 1. The monoisotopic (exact) mass is 522 g/mol. The number of benzene rings is 2. The van der Waals surface area contributed by atoms with Gasteiger partial charge < -0.3 is 5.32 Å². The maximum Gasteiger partial charge on any atom is 0.243 e. The summed E-state index contributed by atoms with van der Waals surface area (Å²) in [4.78, 5) is 17.7. The second-order valence-corrected chi connectivity index (χ2v) is 13.6. The van der Waals surface area contributed by atoms with Gasteiger partial charge >= 0.3 is 0 Å². The third-order valence-corrected chi connectivity index (χ3v) is 10.4. The highest BCUT2D eigenvalue weighted by atomic mass is 32.2. The molecule has 0 saturated carbocycles. The number of fused-ring (bicyclic) bond motifs is 1. The fourth-order valence-corrected chi connectivity index (χ4v) is 7.21. The van der Waals surface area contributed by atoms with Crippen LogP contribution in [0.1, 0.15) is 18.4 Å². The fourth-order valence-electron chi connectivity index (χ4n) is 3.77. The average Bonchev–Trinajstić information content (AvgIpc) is 3.20. The van der Waals surface area contributed by atoms with Crippen molar-refractivity contribution in [3.63, 3.8) is 0 Å². The molecule has 34 heavy (non-hydrogen) atoms. The quantitative estimate of drug-likeness (QED) is 0.532. The van der Waals surface area contributed by atoms with Crippen LogP contribution >= 0.6 is 11.3 Å². The molecule has 1 saturated heterocycles. The zero-order chi connectivity index (χ0) is 24.7. The molecule has 1 fully saturated rings. The van der Waals surface area contributed by atoms with Crippen molar-refractivity contribution in [3.8, 4) is 0 Å². The molecule has 2 heterocycles. The Kier molecular flexibility index (Phi) is 6.80. The topological polar surface area (TPSA) is 117 Å². The Morgan fingerprint density at radius 1 is 1.09 bits per heavy atom. The lowest BCUT2D eigenvalue weighted by Crippen LogP contribution is -2.43. The second kappa shape index (κ2) is 9.34. The van der Waals surface area contributed by atoms with E-state index in [2.05, 4.69) is 10.3 Å². The van der Waals surface area contributed by atoms with Crippen LogP contribution < -0.4 is 5.32 Å². The fraction of sp³-hybridized carbons (Fsp3) is 0.364. The summed E-state index contributed by atoms with van der Waals surface area (Å²) in [5.74, 6) is -0.810. The number of nitrogens with zero attached hydrogens (tertiary/aromatic N) is 3. The van der Waals surface area contributed by atoms with Crippen molar-refractivity contribution in [3.05, 3.63) is 48.0 Å². The highest BCUT2D eigenvalue weighted by Crippen LogP contribution is 2.30. The molecule has 1 atom stereocenters. The van der Waals surface area contributed by atoms with E-state index >= 15 is 0 Å². The minimum absolute atomic E-state index is 0.0954. The number of carbonyl (C=O) groups is 1. The van der Waals surface area contributed by atoms with E-state index in [4.69, 9.17) is 0 Å². The van der Waals surface area contributed by atoms with Crippen LogP contribution in [-0.4, -0.2) is 63.5 Å². The number of nitrogens with one attached hydrogen (secondary N) is 1. The minimum atomic E-state index is -3.68. The van der Waals surface area contributed by atoms with Gasteiger partial charge in [-0.3, -0.25) is 4.79 Å². The lowest BCUT2D eigenvalue weighted by molar-refractivity contribution is -0.120. The molecule has 1 aromatic heterocycles. The van der Waals surface area contributed by atoms with Crippen LogP contribution in [0.25, 0.3) is 10.2 Å². The molecule has 2 aromatic carbocycles. The number of anilines is 1. The number of piperidine rings is 1. The van der Waals surface area contributed by atoms with E-state index in [0.29, 0.717) is 34.7 Å². The van der Waals surface area contributed by atoms with E-state index in [-0.39, 0.29) is 22.2 Å². The summed E-state index contributed by atoms with van der Waals surface area (Å²) < 4.78 is 54.0. The van der Waals surface area contributed by atoms with Crippen LogP contribution in [0.15, 0.2) is 52.3 Å². The Labute approximate surface area is 203 Å². The number of amides is 1. The molecular formula is C22H26N4O5S3. The van der Waals surface area contributed by atoms with E-state index in [1.165, 1.54) is 41.9 Å². The molecule has 0 aliphatic carbocycles. The molecule has 1 N–H and O–H groups in total. The SMILES string of the molecule is Cc1ccc(S(=O)(=O)N2CCCC(C(=O)Nc3nc4ccc(S(=O)(=O)N(C)C)cc4s3)C2)cc1. The lowest BCUT2D eigenvalue weighted by Gasteiger charge is -2.31. The molecule has 4 rings (SSSR count). The Morgan fingerprint density at radius 2 is 1.76 bits per heavy atom. The number of aryl methyl sites for hydroxylation is 1. The van der Waals surface area contributed by atoms with Crippen molar-refractivity contribution < 1.29 is 21.6 Å². The first-order chi connectivity index (χ1) is 16.0. The molecule has 12 heteroatoms. The van der Waals surface area contributed by atoms with Crippen LogP contribution in [0.4, 0.5) is 5.13 Å². The van der Waals surface area contributed by atoms with Gasteiger partial charge in [0.25, 0.3) is 0 Å². The van der Waals surface area contributed by atoms with Crippen LogP contribution in [0.2, 0.25) is 0 Å². The van der Waals surface area contributed by atoms with Gasteiger partial charge in [-0.1, -0.05) is 29.0 Å². The highest BCUT2D eigenvalue weighted by molar-refractivity contribution is 7.89. The Bertz CT molecular complexity index is 1430. The van der Waals surface area contributed by atoms with E-state index in [0.717, 1.165) is 9.87 Å². The van der Waals surface area contributed by atoms with Crippen molar-refractivity contribution in [2.75, 3.05) is 32.5 Å². The molecule has 0 radical (unpaired) electrons. The first kappa shape index (κ1) is 24.7. The van der Waals surface area contributed by atoms with Crippen molar-refractivity contribution in [1.29, 1.82) is 0 Å². The van der Waals surface area contributed by atoms with Gasteiger partial charge in [-0.25, -0.2) is 26.1 Å². The number of hydrogen-bond donors (Lipinski definition) is 1. The maximum absolute atomic E-state index is 13.0. The van der Waals surface area contributed by atoms with Crippen molar-refractivity contribution in [2.24, 2.45) is 5.92 Å². The van der Waals surface area contributed by atoms with Gasteiger partial charge in [0.05, 0.1) is 25.9 Å². The summed E-state index contributed by atoms with van der Waals surface area (Å²) in [6.45, 7) is 2.35. The third-order valence-electron chi connectivity index (χ3n) is 5.78. The van der Waals surface area contributed by atoms with Crippen LogP contribution in [0.5, 0.6) is 0 Å². The van der Waals surface area contributed by atoms with E-state index in [9.17, 15) is 21.6 Å². The predicted molar refractivity (Wildman–Crippen MR) is 132 cm³/mol. The van der Waals surface area contributed by atoms with Crippen LogP contribution in [-0.2, 0) is 24.8 Å². The van der Waals surface area contributed by atoms with Crippen molar-refractivity contribution in [1.82, 2.24) is 13.6 Å². The maximum atomic E-state index is 13.0. The average molecular weight is 523 g/mol. The zero-order valence-corrected chi connectivity index (χ0v) is 21.5. The summed E-state index contributed by atoms with van der Waals surface area (Å²) in [6, 6.07) is 11.3. The number of hydrogen-bond acceptors (Lipinski definition) is 7. The largest absolute Gasteiger partial charge is 0.302 e. The van der Waals surface area contributed by atoms with E-state index < -0.39 is 26.0 Å². The lowest BCUT2D eigenvalue weighted by atomic mass is 9.99. The number of thiazole rings is 1. The smallest absolute Gasteiger partial charge is 0.243 e. The van der Waals surface area contributed by atoms with E-state index in [1.54, 1.807) is 30.3 Å². The standard InChI is InChI=1S/C22H26N4O5S3/c1-15-6-8-17(9-7-15)34(30,31)26-12-4-5-16(14-26)21(27)24-22-23-19-11-10-18(13-20(19)32-22)33(28,29)25(2)3/h6-11,13,16H,4-5,12,14H2,1-3H3,(H,23,24,27). The summed E-state index contributed by atoms with van der Waals surface area (Å²) >= 11 is 1.18. The number of sulfonamides is 2. The Morgan fingerprint density at radius 3 is 2.44 bits per heavy atom. The summed E-state index contributed by atoms with van der Waals surface area (Å²) in [5, 5.41) is 3.13. The molecule has 3 aromatic rings. The molecule has 9 nitrogen and oxygen atoms in total. The molecule has 182 valence electrons. The van der Waals surface area contributed by atoms with Crippen LogP contribution in [0, 0.1) is 12.8 Å². The molecule has 1 amide bonds. The Hall–Kier alpha value is -2.38. The summed E-state index contributed by atoms with van der Waals surface area (Å²) in [5.41, 5.74) is 1.54. The summed E-state index contributed by atoms with van der Waals surface area (Å²) in [6.07, 6.45) is 1.15. The van der Waals surface area contributed by atoms with Gasteiger partial charge in [-0.2, -0.15) is 4.31 Å². The number of rotatable bonds is 6. The van der Waals surface area contributed by atoms with E-state index in [1.807, 2.05) is 6.92 Å². The first-order valence-corrected chi connectivity index (χ1v) is 14.4. The first-order valence-electron chi connectivity index (χ1n) is 10.7. The van der Waals surface area contributed by atoms with Gasteiger partial charge in [-0.15, -0.1) is 0 Å². The molecule has 0 spiro atoms.